The first-order valence-corrected chi connectivity index (χ1v) is 7.29. The van der Waals surface area contributed by atoms with E-state index in [4.69, 9.17) is 30.5 Å². The zero-order valence-corrected chi connectivity index (χ0v) is 11.4. The third-order valence-corrected chi connectivity index (χ3v) is 5.30. The summed E-state index contributed by atoms with van der Waals surface area (Å²) in [5.41, 5.74) is 2.16. The zero-order valence-electron chi connectivity index (χ0n) is 9.64. The van der Waals surface area contributed by atoms with Crippen molar-refractivity contribution < 1.29 is 18.4 Å². The van der Waals surface area contributed by atoms with Crippen LogP contribution in [0.2, 0.25) is 6.55 Å². The van der Waals surface area contributed by atoms with E-state index in [0.717, 1.165) is 5.12 Å². The van der Waals surface area contributed by atoms with Gasteiger partial charge in [0.1, 0.15) is 0 Å². The van der Waals surface area contributed by atoms with E-state index in [1.807, 2.05) is 0 Å². The number of hydrazine groups is 2. The largest absolute Gasteiger partial charge is 0.446 e. The Morgan fingerprint density at radius 2 is 2.18 bits per heavy atom. The highest BCUT2D eigenvalue weighted by Gasteiger charge is 2.52. The van der Waals surface area contributed by atoms with Gasteiger partial charge in [-0.25, -0.2) is 5.43 Å². The van der Waals surface area contributed by atoms with Crippen molar-refractivity contribution in [3.63, 3.8) is 0 Å². The third-order valence-electron chi connectivity index (χ3n) is 2.30. The van der Waals surface area contributed by atoms with Gasteiger partial charge in [0.25, 0.3) is 0 Å². The summed E-state index contributed by atoms with van der Waals surface area (Å²) in [5, 5.41) is 8.55. The lowest BCUT2D eigenvalue weighted by atomic mass is 10.8. The second kappa shape index (κ2) is 5.63. The number of nitrogens with one attached hydrogen (secondary N) is 1. The van der Waals surface area contributed by atoms with Crippen LogP contribution in [0.4, 0.5) is 4.79 Å². The lowest BCUT2D eigenvalue weighted by molar-refractivity contribution is -0.0167. The Hall–Kier alpha value is -0.893. The number of carbonyl (C=O) groups excluding carboxylic acids is 1. The molecule has 1 aliphatic rings. The van der Waals surface area contributed by atoms with E-state index in [2.05, 4.69) is 5.43 Å². The van der Waals surface area contributed by atoms with E-state index in [1.54, 1.807) is 12.7 Å². The fourth-order valence-electron chi connectivity index (χ4n) is 1.26. The summed E-state index contributed by atoms with van der Waals surface area (Å²) in [6.07, 6.45) is 1.22. The maximum absolute atomic E-state index is 11.3. The van der Waals surface area contributed by atoms with Crippen LogP contribution in [-0.4, -0.2) is 50.9 Å². The molecule has 1 heterocycles. The lowest BCUT2D eigenvalue weighted by Gasteiger charge is -2.38. The summed E-state index contributed by atoms with van der Waals surface area (Å²) in [6.45, 7) is 2.10. The highest BCUT2D eigenvalue weighted by atomic mass is 35.5. The molecule has 1 aliphatic heterocycles. The molecule has 96 valence electrons. The zero-order chi connectivity index (χ0) is 13.1. The second-order valence-electron chi connectivity index (χ2n) is 3.23. The van der Waals surface area contributed by atoms with Crippen molar-refractivity contribution in [1.82, 2.24) is 15.2 Å². The van der Waals surface area contributed by atoms with Crippen molar-refractivity contribution in [2.75, 3.05) is 20.8 Å². The Balaban J connectivity index is 2.97. The van der Waals surface area contributed by atoms with Crippen molar-refractivity contribution in [3.05, 3.63) is 0 Å². The van der Waals surface area contributed by atoms with Gasteiger partial charge in [0, 0.05) is 14.2 Å². The van der Waals surface area contributed by atoms with Crippen LogP contribution in [0.5, 0.6) is 0 Å². The van der Waals surface area contributed by atoms with Gasteiger partial charge >= 0.3 is 14.1 Å². The minimum Gasteiger partial charge on any atom is -0.385 e. The van der Waals surface area contributed by atoms with Crippen molar-refractivity contribution in [3.8, 4) is 6.19 Å². The number of nitriles is 1. The number of rotatable bonds is 6. The van der Waals surface area contributed by atoms with E-state index >= 15 is 0 Å². The minimum atomic E-state index is -2.88. The van der Waals surface area contributed by atoms with Gasteiger partial charge in [-0.05, 0) is 18.1 Å². The van der Waals surface area contributed by atoms with Crippen LogP contribution in [0.25, 0.3) is 0 Å². The topological polar surface area (TPSA) is 90.4 Å². The van der Waals surface area contributed by atoms with E-state index in [-0.39, 0.29) is 0 Å². The van der Waals surface area contributed by atoms with Gasteiger partial charge in [0.15, 0.2) is 12.4 Å². The molecular formula is C7H13ClN4O4Si. The molecule has 0 spiro atoms. The number of amides is 1. The quantitative estimate of drug-likeness (QED) is 0.140. The maximum Gasteiger partial charge on any atom is 0.446 e. The van der Waals surface area contributed by atoms with Crippen LogP contribution in [0.3, 0.4) is 0 Å². The molecule has 0 aromatic rings. The highest BCUT2D eigenvalue weighted by molar-refractivity contribution is 6.65. The maximum atomic E-state index is 11.3. The highest BCUT2D eigenvalue weighted by Crippen LogP contribution is 2.26. The van der Waals surface area contributed by atoms with E-state index in [9.17, 15) is 4.79 Å². The molecule has 0 radical (unpaired) electrons. The first-order valence-electron chi connectivity index (χ1n) is 4.65. The van der Waals surface area contributed by atoms with Gasteiger partial charge in [0.2, 0.25) is 0 Å². The van der Waals surface area contributed by atoms with Gasteiger partial charge < -0.3 is 13.6 Å². The Labute approximate surface area is 105 Å². The van der Waals surface area contributed by atoms with E-state index in [1.165, 1.54) is 18.9 Å². The first-order chi connectivity index (χ1) is 8.00. The molecule has 0 bridgehead atoms. The molecule has 0 aromatic heterocycles. The number of ether oxygens (including phenoxy) is 1. The fraction of sp³-hybridized carbons (Fsp3) is 0.714. The number of hydrogen-bond acceptors (Lipinski definition) is 7. The molecule has 1 N–H and O–H groups in total. The smallest absolute Gasteiger partial charge is 0.385 e. The average molecular weight is 281 g/mol. The van der Waals surface area contributed by atoms with Crippen LogP contribution in [0.1, 0.15) is 0 Å². The first kappa shape index (κ1) is 14.2. The normalized spacial score (nSPS) is 18.7. The summed E-state index contributed by atoms with van der Waals surface area (Å²) in [4.78, 5) is 11.3. The molecule has 0 aromatic carbocycles. The van der Waals surface area contributed by atoms with Crippen molar-refractivity contribution in [2.45, 2.75) is 12.8 Å². The minimum absolute atomic E-state index is 0.393. The molecule has 1 amide bonds. The van der Waals surface area contributed by atoms with Crippen molar-refractivity contribution in [1.29, 1.82) is 5.26 Å². The Morgan fingerprint density at radius 1 is 1.65 bits per heavy atom. The predicted octanol–water partition coefficient (Wildman–Crippen LogP) is 0.0677. The summed E-state index contributed by atoms with van der Waals surface area (Å²) >= 11 is 5.40. The summed E-state index contributed by atoms with van der Waals surface area (Å²) < 4.78 is 17.1. The molecule has 1 fully saturated rings. The standard InChI is InChI=1S/C7H13ClN4O4Si/c1-14-17(3,15-2)12(6-4-16-6)11(7(8)13)10-5-9/h6,10H,4H2,1-3H3. The average Bonchev–Trinajstić information content (AvgIpc) is 3.12. The number of hydrogen-bond donors (Lipinski definition) is 1. The van der Waals surface area contributed by atoms with E-state index in [0.29, 0.717) is 6.61 Å². The van der Waals surface area contributed by atoms with Crippen LogP contribution in [-0.2, 0) is 13.6 Å². The second-order valence-corrected chi connectivity index (χ2v) is 6.62. The molecule has 1 rings (SSSR count). The molecule has 17 heavy (non-hydrogen) atoms. The summed E-state index contributed by atoms with van der Waals surface area (Å²) in [7, 11) is 0.0304. The monoisotopic (exact) mass is 280 g/mol. The molecular weight excluding hydrogens is 268 g/mol. The summed E-state index contributed by atoms with van der Waals surface area (Å²) in [6, 6.07) is 0. The molecule has 8 nitrogen and oxygen atoms in total. The fourth-order valence-corrected chi connectivity index (χ4v) is 3.16. The number of carbonyl (C=O) groups is 1. The van der Waals surface area contributed by atoms with Crippen LogP contribution in [0.15, 0.2) is 0 Å². The van der Waals surface area contributed by atoms with Crippen molar-refractivity contribution >= 4 is 25.7 Å². The summed E-state index contributed by atoms with van der Waals surface area (Å²) in [5.74, 6) is 0. The SMILES string of the molecule is CO[Si](C)(OC)N(C1CO1)N(NC#N)C(=O)Cl. The number of epoxide rings is 1. The molecule has 1 saturated heterocycles. The van der Waals surface area contributed by atoms with Gasteiger partial charge in [-0.3, -0.25) is 4.79 Å². The lowest BCUT2D eigenvalue weighted by Crippen LogP contribution is -2.66. The van der Waals surface area contributed by atoms with Crippen LogP contribution >= 0.6 is 11.6 Å². The Kier molecular flexibility index (Phi) is 4.69. The number of halogens is 1. The van der Waals surface area contributed by atoms with Crippen molar-refractivity contribution in [2.24, 2.45) is 0 Å². The molecule has 0 aliphatic carbocycles. The molecule has 0 saturated carbocycles. The third kappa shape index (κ3) is 3.06. The van der Waals surface area contributed by atoms with Gasteiger partial charge in [0.05, 0.1) is 6.61 Å². The number of nitrogens with zero attached hydrogens (tertiary/aromatic N) is 3. The Bertz CT molecular complexity index is 330. The molecule has 1 atom stereocenters. The van der Waals surface area contributed by atoms with Crippen LogP contribution in [0, 0.1) is 11.5 Å². The van der Waals surface area contributed by atoms with Gasteiger partial charge in [-0.15, -0.1) is 4.67 Å². The van der Waals surface area contributed by atoms with E-state index < -0.39 is 20.3 Å². The molecule has 1 unspecified atom stereocenters. The van der Waals surface area contributed by atoms with Gasteiger partial charge in [-0.2, -0.15) is 10.4 Å². The molecule has 10 heteroatoms. The Morgan fingerprint density at radius 3 is 2.47 bits per heavy atom. The predicted molar refractivity (Wildman–Crippen MR) is 59.1 cm³/mol. The van der Waals surface area contributed by atoms with Crippen LogP contribution < -0.4 is 5.43 Å². The van der Waals surface area contributed by atoms with Gasteiger partial charge in [-0.1, -0.05) is 0 Å².